The molecule has 1 rings (SSSR count). The second-order valence-electron chi connectivity index (χ2n) is 6.05. The molecular weight excluding hydrogens is 311 g/mol. The van der Waals surface area contributed by atoms with Gasteiger partial charge < -0.3 is 29.9 Å². The molecule has 0 aromatic rings. The van der Waals surface area contributed by atoms with Gasteiger partial charge in [0.1, 0.15) is 24.4 Å². The van der Waals surface area contributed by atoms with Gasteiger partial charge in [0.25, 0.3) is 0 Å². The first-order valence-corrected chi connectivity index (χ1v) is 8.54. The summed E-state index contributed by atoms with van der Waals surface area (Å²) in [5.74, 6) is 0. The van der Waals surface area contributed by atoms with Gasteiger partial charge in [-0.25, -0.2) is 0 Å². The predicted octanol–water partition coefficient (Wildman–Crippen LogP) is 0.295. The summed E-state index contributed by atoms with van der Waals surface area (Å²) in [6.07, 6.45) is 3.92. The second kappa shape index (κ2) is 14.0. The Bertz CT molecular complexity index is 281. The maximum absolute atomic E-state index is 9.80. The molecule has 0 radical (unpaired) electrons. The summed E-state index contributed by atoms with van der Waals surface area (Å²) in [6.45, 7) is 2.13. The molecule has 0 saturated carbocycles. The van der Waals surface area contributed by atoms with E-state index in [9.17, 15) is 15.3 Å². The van der Waals surface area contributed by atoms with Crippen molar-refractivity contribution in [3.63, 3.8) is 0 Å². The first-order chi connectivity index (χ1) is 10.6. The number of aliphatic hydroxyl groups is 4. The van der Waals surface area contributed by atoms with Crippen molar-refractivity contribution < 1.29 is 29.9 Å². The third-order valence-corrected chi connectivity index (χ3v) is 4.10. The minimum absolute atomic E-state index is 0. The van der Waals surface area contributed by atoms with Gasteiger partial charge in [-0.1, -0.05) is 51.9 Å². The van der Waals surface area contributed by atoms with E-state index in [1.165, 1.54) is 38.5 Å². The molecule has 0 unspecified atom stereocenters. The number of unbranched alkanes of at least 4 members (excludes halogenated alkanes) is 7. The van der Waals surface area contributed by atoms with E-state index in [1.54, 1.807) is 0 Å². The van der Waals surface area contributed by atoms with Crippen molar-refractivity contribution >= 4 is 29.6 Å². The van der Waals surface area contributed by atoms with E-state index in [2.05, 4.69) is 6.92 Å². The molecule has 0 aromatic heterocycles. The Morgan fingerprint density at radius 2 is 1.52 bits per heavy atom. The Balaban J connectivity index is 0.00000484. The van der Waals surface area contributed by atoms with Crippen LogP contribution in [0.1, 0.15) is 58.3 Å². The van der Waals surface area contributed by atoms with Crippen LogP contribution in [0.2, 0.25) is 0 Å². The maximum atomic E-state index is 9.80. The molecule has 1 fully saturated rings. The van der Waals surface area contributed by atoms with Crippen LogP contribution in [0.3, 0.4) is 0 Å². The van der Waals surface area contributed by atoms with Gasteiger partial charge in [-0.15, -0.1) is 0 Å². The van der Waals surface area contributed by atoms with E-state index in [1.807, 2.05) is 0 Å². The van der Waals surface area contributed by atoms with Gasteiger partial charge in [0, 0.05) is 6.61 Å². The van der Waals surface area contributed by atoms with Gasteiger partial charge >= 0.3 is 29.6 Å². The molecule has 0 amide bonds. The zero-order chi connectivity index (χ0) is 16.4. The topological polar surface area (TPSA) is 99.4 Å². The molecule has 23 heavy (non-hydrogen) atoms. The van der Waals surface area contributed by atoms with E-state index in [4.69, 9.17) is 14.6 Å². The van der Waals surface area contributed by atoms with E-state index in [-0.39, 0.29) is 29.6 Å². The quantitative estimate of drug-likeness (QED) is 0.300. The van der Waals surface area contributed by atoms with E-state index < -0.39 is 37.3 Å². The van der Waals surface area contributed by atoms with Crippen molar-refractivity contribution in [3.8, 4) is 0 Å². The van der Waals surface area contributed by atoms with Crippen LogP contribution >= 0.6 is 0 Å². The van der Waals surface area contributed by atoms with Crippen LogP contribution in [-0.4, -0.2) is 93.9 Å². The van der Waals surface area contributed by atoms with Crippen molar-refractivity contribution in [2.24, 2.45) is 0 Å². The molecule has 1 heterocycles. The Hall–Kier alpha value is 0.760. The van der Waals surface area contributed by atoms with Crippen molar-refractivity contribution in [1.29, 1.82) is 0 Å². The standard InChI is InChI=1S/C16H32O6.Na.H/c1-2-3-4-5-6-7-8-9-10-21-16-14(20)13(19)15(22-16)12(18)11-17;;/h12-20H,2-11H2,1H3;;/t12-,13-,14-,15+,16+;;/m1../s1. The monoisotopic (exact) mass is 344 g/mol. The molecule has 1 aliphatic heterocycles. The predicted molar refractivity (Wildman–Crippen MR) is 89.5 cm³/mol. The molecule has 5 atom stereocenters. The van der Waals surface area contributed by atoms with Gasteiger partial charge in [-0.3, -0.25) is 0 Å². The van der Waals surface area contributed by atoms with E-state index in [0.717, 1.165) is 12.8 Å². The fraction of sp³-hybridized carbons (Fsp3) is 1.00. The molecule has 0 aliphatic carbocycles. The number of aliphatic hydroxyl groups excluding tert-OH is 4. The molecule has 1 aliphatic rings. The number of rotatable bonds is 12. The summed E-state index contributed by atoms with van der Waals surface area (Å²) in [7, 11) is 0. The van der Waals surface area contributed by atoms with Crippen molar-refractivity contribution in [3.05, 3.63) is 0 Å². The van der Waals surface area contributed by atoms with Crippen LogP contribution in [0.4, 0.5) is 0 Å². The summed E-state index contributed by atoms with van der Waals surface area (Å²) < 4.78 is 10.7. The summed E-state index contributed by atoms with van der Waals surface area (Å²) in [5.41, 5.74) is 0. The fourth-order valence-corrected chi connectivity index (χ4v) is 2.67. The Morgan fingerprint density at radius 1 is 0.957 bits per heavy atom. The molecule has 0 bridgehead atoms. The Morgan fingerprint density at radius 3 is 2.09 bits per heavy atom. The van der Waals surface area contributed by atoms with Crippen LogP contribution in [0.5, 0.6) is 0 Å². The number of ether oxygens (including phenoxy) is 2. The zero-order valence-electron chi connectivity index (χ0n) is 13.6. The van der Waals surface area contributed by atoms with Crippen molar-refractivity contribution in [2.75, 3.05) is 13.2 Å². The summed E-state index contributed by atoms with van der Waals surface area (Å²) >= 11 is 0. The summed E-state index contributed by atoms with van der Waals surface area (Å²) in [4.78, 5) is 0. The third-order valence-electron chi connectivity index (χ3n) is 4.10. The fourth-order valence-electron chi connectivity index (χ4n) is 2.67. The average molecular weight is 344 g/mol. The van der Waals surface area contributed by atoms with E-state index >= 15 is 0 Å². The van der Waals surface area contributed by atoms with Gasteiger partial charge in [0.15, 0.2) is 6.29 Å². The molecule has 0 aromatic carbocycles. The van der Waals surface area contributed by atoms with Crippen LogP contribution in [0.25, 0.3) is 0 Å². The van der Waals surface area contributed by atoms with Gasteiger partial charge in [-0.05, 0) is 6.42 Å². The van der Waals surface area contributed by atoms with Crippen LogP contribution < -0.4 is 0 Å². The van der Waals surface area contributed by atoms with Crippen LogP contribution in [-0.2, 0) is 9.47 Å². The van der Waals surface area contributed by atoms with E-state index in [0.29, 0.717) is 6.61 Å². The first kappa shape index (κ1) is 23.8. The SMILES string of the molecule is CCCCCCCCCCO[C@H]1O[C@@H]([C@H](O)CO)[C@H](O)[C@H]1O.[NaH]. The molecular formula is C16H33NaO6. The molecule has 7 heteroatoms. The molecule has 4 N–H and O–H groups in total. The molecule has 134 valence electrons. The molecule has 1 saturated heterocycles. The molecule has 6 nitrogen and oxygen atoms in total. The van der Waals surface area contributed by atoms with Gasteiger partial charge in [0.2, 0.25) is 0 Å². The average Bonchev–Trinajstić information content (AvgIpc) is 2.81. The van der Waals surface area contributed by atoms with Crippen molar-refractivity contribution in [2.45, 2.75) is 89.0 Å². The van der Waals surface area contributed by atoms with Crippen molar-refractivity contribution in [1.82, 2.24) is 0 Å². The number of hydrogen-bond acceptors (Lipinski definition) is 6. The second-order valence-corrected chi connectivity index (χ2v) is 6.05. The van der Waals surface area contributed by atoms with Crippen LogP contribution in [0, 0.1) is 0 Å². The minimum atomic E-state index is -1.24. The Labute approximate surface area is 161 Å². The van der Waals surface area contributed by atoms with Gasteiger partial charge in [-0.2, -0.15) is 0 Å². The summed E-state index contributed by atoms with van der Waals surface area (Å²) in [6, 6.07) is 0. The zero-order valence-corrected chi connectivity index (χ0v) is 13.6. The van der Waals surface area contributed by atoms with Gasteiger partial charge in [0.05, 0.1) is 6.61 Å². The first-order valence-electron chi connectivity index (χ1n) is 8.54. The third kappa shape index (κ3) is 8.61. The molecule has 0 spiro atoms. The number of hydrogen-bond donors (Lipinski definition) is 4. The summed E-state index contributed by atoms with van der Waals surface area (Å²) in [5, 5.41) is 37.9. The Kier molecular flexibility index (Phi) is 14.4. The normalized spacial score (nSPS) is 28.6. The van der Waals surface area contributed by atoms with Crippen LogP contribution in [0.15, 0.2) is 0 Å².